The van der Waals surface area contributed by atoms with E-state index in [9.17, 15) is 0 Å². The largest absolute Gasteiger partial charge is 0.329 e. The van der Waals surface area contributed by atoms with E-state index in [4.69, 9.17) is 5.73 Å². The molecule has 1 saturated heterocycles. The zero-order chi connectivity index (χ0) is 13.8. The van der Waals surface area contributed by atoms with Gasteiger partial charge in [0.25, 0.3) is 0 Å². The van der Waals surface area contributed by atoms with E-state index < -0.39 is 0 Å². The van der Waals surface area contributed by atoms with Gasteiger partial charge in [-0.3, -0.25) is 0 Å². The highest BCUT2D eigenvalue weighted by molar-refractivity contribution is 4.87. The molecule has 3 unspecified atom stereocenters. The number of hydrogen-bond acceptors (Lipinski definition) is 3. The fourth-order valence-electron chi connectivity index (χ4n) is 2.76. The molecule has 0 spiro atoms. The van der Waals surface area contributed by atoms with Crippen LogP contribution in [0.4, 0.5) is 0 Å². The summed E-state index contributed by atoms with van der Waals surface area (Å²) in [6.45, 7) is 12.2. The van der Waals surface area contributed by atoms with Crippen LogP contribution in [0.2, 0.25) is 0 Å². The Bertz CT molecular complexity index is 232. The Morgan fingerprint density at radius 3 is 2.28 bits per heavy atom. The van der Waals surface area contributed by atoms with Crippen molar-refractivity contribution in [2.45, 2.75) is 84.3 Å². The lowest BCUT2D eigenvalue weighted by Gasteiger charge is -2.45. The van der Waals surface area contributed by atoms with Gasteiger partial charge in [-0.15, -0.1) is 0 Å². The van der Waals surface area contributed by atoms with Gasteiger partial charge in [0.15, 0.2) is 0 Å². The molecule has 0 aromatic carbocycles. The number of hydrazine groups is 1. The van der Waals surface area contributed by atoms with Gasteiger partial charge in [-0.25, -0.2) is 10.4 Å². The van der Waals surface area contributed by atoms with Crippen molar-refractivity contribution >= 4 is 0 Å². The van der Waals surface area contributed by atoms with E-state index in [2.05, 4.69) is 45.1 Å². The third-order valence-electron chi connectivity index (χ3n) is 4.32. The van der Waals surface area contributed by atoms with Crippen LogP contribution in [-0.2, 0) is 0 Å². The lowest BCUT2D eigenvalue weighted by molar-refractivity contribution is 0.00305. The van der Waals surface area contributed by atoms with Gasteiger partial charge in [0.05, 0.1) is 0 Å². The molecule has 3 atom stereocenters. The van der Waals surface area contributed by atoms with Crippen molar-refractivity contribution in [3.05, 3.63) is 0 Å². The Hall–Kier alpha value is -0.120. The van der Waals surface area contributed by atoms with Crippen LogP contribution in [0.25, 0.3) is 0 Å². The predicted molar refractivity (Wildman–Crippen MR) is 79.3 cm³/mol. The molecule has 0 aliphatic carbocycles. The maximum absolute atomic E-state index is 6.01. The fourth-order valence-corrected chi connectivity index (χ4v) is 2.76. The SMILES string of the molecule is CC(C)CCC(C)(CN)NN1C(C)CCCC1C. The zero-order valence-electron chi connectivity index (χ0n) is 13.0. The summed E-state index contributed by atoms with van der Waals surface area (Å²) < 4.78 is 0. The first-order valence-corrected chi connectivity index (χ1v) is 7.64. The van der Waals surface area contributed by atoms with Gasteiger partial charge in [0, 0.05) is 24.2 Å². The maximum atomic E-state index is 6.01. The fraction of sp³-hybridized carbons (Fsp3) is 1.00. The summed E-state index contributed by atoms with van der Waals surface area (Å²) in [6.07, 6.45) is 6.32. The number of nitrogens with one attached hydrogen (secondary N) is 1. The lowest BCUT2D eigenvalue weighted by atomic mass is 9.92. The minimum atomic E-state index is 0.0458. The normalized spacial score (nSPS) is 29.5. The van der Waals surface area contributed by atoms with E-state index in [-0.39, 0.29) is 5.54 Å². The second-order valence-corrected chi connectivity index (χ2v) is 6.85. The first kappa shape index (κ1) is 15.9. The average Bonchev–Trinajstić information content (AvgIpc) is 2.32. The molecular formula is C15H33N3. The molecule has 1 fully saturated rings. The summed E-state index contributed by atoms with van der Waals surface area (Å²) in [6, 6.07) is 1.25. The maximum Gasteiger partial charge on any atom is 0.0420 e. The second kappa shape index (κ2) is 6.88. The average molecular weight is 255 g/mol. The summed E-state index contributed by atoms with van der Waals surface area (Å²) >= 11 is 0. The molecule has 1 heterocycles. The molecule has 18 heavy (non-hydrogen) atoms. The molecule has 3 nitrogen and oxygen atoms in total. The van der Waals surface area contributed by atoms with Crippen LogP contribution in [0.15, 0.2) is 0 Å². The van der Waals surface area contributed by atoms with Crippen molar-refractivity contribution in [3.8, 4) is 0 Å². The van der Waals surface area contributed by atoms with E-state index in [0.717, 1.165) is 12.3 Å². The highest BCUT2D eigenvalue weighted by atomic mass is 15.6. The van der Waals surface area contributed by atoms with Gasteiger partial charge in [0.1, 0.15) is 0 Å². The molecule has 108 valence electrons. The smallest absolute Gasteiger partial charge is 0.0420 e. The molecule has 0 radical (unpaired) electrons. The first-order valence-electron chi connectivity index (χ1n) is 7.64. The lowest BCUT2D eigenvalue weighted by Crippen LogP contribution is -2.62. The molecule has 0 aromatic heterocycles. The molecule has 1 aliphatic heterocycles. The molecule has 0 saturated carbocycles. The summed E-state index contributed by atoms with van der Waals surface area (Å²) in [5.41, 5.74) is 9.80. The monoisotopic (exact) mass is 255 g/mol. The van der Waals surface area contributed by atoms with Crippen LogP contribution in [0.3, 0.4) is 0 Å². The van der Waals surface area contributed by atoms with Gasteiger partial charge in [-0.1, -0.05) is 20.3 Å². The molecule has 0 aromatic rings. The summed E-state index contributed by atoms with van der Waals surface area (Å²) in [7, 11) is 0. The van der Waals surface area contributed by atoms with Crippen molar-refractivity contribution in [2.75, 3.05) is 6.54 Å². The Kier molecular flexibility index (Phi) is 6.09. The quantitative estimate of drug-likeness (QED) is 0.767. The Balaban J connectivity index is 2.59. The number of piperidine rings is 1. The van der Waals surface area contributed by atoms with Gasteiger partial charge in [-0.2, -0.15) is 0 Å². The molecule has 1 aliphatic rings. The molecule has 0 amide bonds. The van der Waals surface area contributed by atoms with Crippen molar-refractivity contribution in [1.82, 2.24) is 10.4 Å². The van der Waals surface area contributed by atoms with Gasteiger partial charge >= 0.3 is 0 Å². The van der Waals surface area contributed by atoms with Gasteiger partial charge < -0.3 is 5.73 Å². The summed E-state index contributed by atoms with van der Waals surface area (Å²) in [5, 5.41) is 2.46. The molecule has 1 rings (SSSR count). The van der Waals surface area contributed by atoms with Crippen molar-refractivity contribution in [1.29, 1.82) is 0 Å². The third-order valence-corrected chi connectivity index (χ3v) is 4.32. The molecular weight excluding hydrogens is 222 g/mol. The van der Waals surface area contributed by atoms with Crippen LogP contribution >= 0.6 is 0 Å². The van der Waals surface area contributed by atoms with Crippen molar-refractivity contribution in [2.24, 2.45) is 11.7 Å². The molecule has 3 N–H and O–H groups in total. The number of hydrogen-bond donors (Lipinski definition) is 2. The van der Waals surface area contributed by atoms with Crippen LogP contribution in [0, 0.1) is 5.92 Å². The standard InChI is InChI=1S/C15H33N3/c1-12(2)9-10-15(5,11-16)17-18-13(3)7-6-8-14(18)4/h12-14,17H,6-11,16H2,1-5H3. The number of rotatable bonds is 6. The summed E-state index contributed by atoms with van der Waals surface area (Å²) in [5.74, 6) is 0.744. The Labute approximate surface area is 113 Å². The van der Waals surface area contributed by atoms with Gasteiger partial charge in [0.2, 0.25) is 0 Å². The van der Waals surface area contributed by atoms with E-state index in [1.165, 1.54) is 25.7 Å². The Morgan fingerprint density at radius 2 is 1.83 bits per heavy atom. The van der Waals surface area contributed by atoms with Crippen LogP contribution in [0.5, 0.6) is 0 Å². The van der Waals surface area contributed by atoms with Crippen LogP contribution < -0.4 is 11.2 Å². The molecule has 0 bridgehead atoms. The van der Waals surface area contributed by atoms with Crippen molar-refractivity contribution in [3.63, 3.8) is 0 Å². The van der Waals surface area contributed by atoms with Gasteiger partial charge in [-0.05, 0) is 52.4 Å². The zero-order valence-corrected chi connectivity index (χ0v) is 13.0. The number of nitrogens with zero attached hydrogens (tertiary/aromatic N) is 1. The van der Waals surface area contributed by atoms with E-state index in [1.54, 1.807) is 0 Å². The van der Waals surface area contributed by atoms with Crippen LogP contribution in [-0.4, -0.2) is 29.2 Å². The van der Waals surface area contributed by atoms with E-state index in [1.807, 2.05) is 0 Å². The Morgan fingerprint density at radius 1 is 1.28 bits per heavy atom. The summed E-state index contributed by atoms with van der Waals surface area (Å²) in [4.78, 5) is 0. The van der Waals surface area contributed by atoms with Crippen molar-refractivity contribution < 1.29 is 0 Å². The van der Waals surface area contributed by atoms with Crippen LogP contribution in [0.1, 0.15) is 66.7 Å². The van der Waals surface area contributed by atoms with E-state index >= 15 is 0 Å². The minimum absolute atomic E-state index is 0.0458. The highest BCUT2D eigenvalue weighted by Gasteiger charge is 2.31. The highest BCUT2D eigenvalue weighted by Crippen LogP contribution is 2.24. The third kappa shape index (κ3) is 4.52. The topological polar surface area (TPSA) is 41.3 Å². The van der Waals surface area contributed by atoms with E-state index in [0.29, 0.717) is 18.6 Å². The second-order valence-electron chi connectivity index (χ2n) is 6.85. The molecule has 3 heteroatoms. The minimum Gasteiger partial charge on any atom is -0.329 e. The first-order chi connectivity index (χ1) is 8.38. The number of nitrogens with two attached hydrogens (primary N) is 1. The predicted octanol–water partition coefficient (Wildman–Crippen LogP) is 2.91.